The largest absolute Gasteiger partial charge is 0.383 e. The van der Waals surface area contributed by atoms with Gasteiger partial charge in [-0.1, -0.05) is 48.5 Å². The number of fused-ring (bicyclic) bond motifs is 1. The van der Waals surface area contributed by atoms with Crippen LogP contribution in [0.3, 0.4) is 0 Å². The molecule has 216 valence electrons. The molecule has 2 atom stereocenters. The summed E-state index contributed by atoms with van der Waals surface area (Å²) in [6.45, 7) is 3.57. The molecule has 5 aromatic rings. The Morgan fingerprint density at radius 2 is 1.64 bits per heavy atom. The van der Waals surface area contributed by atoms with E-state index in [4.69, 9.17) is 22.4 Å². The minimum Gasteiger partial charge on any atom is -0.383 e. The number of benzene rings is 2. The first-order chi connectivity index (χ1) is 20.6. The normalized spacial score (nSPS) is 20.0. The van der Waals surface area contributed by atoms with Crippen LogP contribution in [0.1, 0.15) is 43.7 Å². The number of rotatable bonds is 8. The summed E-state index contributed by atoms with van der Waals surface area (Å²) >= 11 is 7.91. The smallest absolute Gasteiger partial charge is 0.226 e. The summed E-state index contributed by atoms with van der Waals surface area (Å²) in [5, 5.41) is 5.90. The molecule has 2 unspecified atom stereocenters. The van der Waals surface area contributed by atoms with Crippen molar-refractivity contribution in [2.24, 2.45) is 11.8 Å². The molecule has 9 heteroatoms. The van der Waals surface area contributed by atoms with E-state index in [-0.39, 0.29) is 5.28 Å². The summed E-state index contributed by atoms with van der Waals surface area (Å²) < 4.78 is 4.20. The van der Waals surface area contributed by atoms with Crippen molar-refractivity contribution in [3.05, 3.63) is 90.0 Å². The quantitative estimate of drug-likeness (QED) is 0.188. The van der Waals surface area contributed by atoms with E-state index in [1.165, 1.54) is 37.9 Å². The highest BCUT2D eigenvalue weighted by Crippen LogP contribution is 2.45. The summed E-state index contributed by atoms with van der Waals surface area (Å²) in [5.74, 6) is 1.93. The van der Waals surface area contributed by atoms with E-state index in [0.29, 0.717) is 11.9 Å². The molecule has 0 bridgehead atoms. The Bertz CT molecular complexity index is 1640. The van der Waals surface area contributed by atoms with Gasteiger partial charge in [-0.25, -0.2) is 9.07 Å². The van der Waals surface area contributed by atoms with Crippen LogP contribution in [-0.2, 0) is 6.42 Å². The zero-order valence-electron chi connectivity index (χ0n) is 23.6. The second-order valence-electron chi connectivity index (χ2n) is 11.7. The van der Waals surface area contributed by atoms with Gasteiger partial charge in [0, 0.05) is 47.4 Å². The number of nitrogens with zero attached hydrogens (tertiary/aromatic N) is 6. The van der Waals surface area contributed by atoms with E-state index >= 15 is 0 Å². The number of anilines is 1. The Morgan fingerprint density at radius 3 is 2.43 bits per heavy atom. The van der Waals surface area contributed by atoms with Crippen molar-refractivity contribution < 1.29 is 0 Å². The lowest BCUT2D eigenvalue weighted by Gasteiger charge is -2.35. The summed E-state index contributed by atoms with van der Waals surface area (Å²) in [6.07, 6.45) is 11.5. The summed E-state index contributed by atoms with van der Waals surface area (Å²) in [4.78, 5) is 12.8. The monoisotopic (exact) mass is 597 g/mol. The molecule has 0 spiro atoms. The van der Waals surface area contributed by atoms with Gasteiger partial charge in [0.05, 0.1) is 11.1 Å². The fourth-order valence-electron chi connectivity index (χ4n) is 6.96. The molecular formula is C33H36ClN7S. The van der Waals surface area contributed by atoms with E-state index in [1.807, 2.05) is 34.5 Å². The van der Waals surface area contributed by atoms with Crippen LogP contribution in [0.2, 0.25) is 5.28 Å². The van der Waals surface area contributed by atoms with Crippen LogP contribution in [-0.4, -0.2) is 48.3 Å². The molecule has 1 saturated heterocycles. The van der Waals surface area contributed by atoms with Crippen molar-refractivity contribution in [2.45, 2.75) is 49.5 Å². The van der Waals surface area contributed by atoms with Crippen LogP contribution < -0.4 is 5.73 Å². The third-order valence-corrected chi connectivity index (χ3v) is 10.2. The number of aromatic nitrogens is 5. The molecule has 2 N–H and O–H groups in total. The Labute approximate surface area is 256 Å². The molecule has 42 heavy (non-hydrogen) atoms. The molecule has 1 aliphatic carbocycles. The maximum atomic E-state index is 6.46. The van der Waals surface area contributed by atoms with Gasteiger partial charge >= 0.3 is 0 Å². The van der Waals surface area contributed by atoms with Crippen LogP contribution in [0, 0.1) is 11.8 Å². The van der Waals surface area contributed by atoms with Crippen LogP contribution in [0.25, 0.3) is 22.3 Å². The lowest BCUT2D eigenvalue weighted by Crippen LogP contribution is -2.37. The van der Waals surface area contributed by atoms with Gasteiger partial charge in [0.2, 0.25) is 5.28 Å². The zero-order valence-corrected chi connectivity index (χ0v) is 25.2. The van der Waals surface area contributed by atoms with Crippen molar-refractivity contribution in [1.82, 2.24) is 28.6 Å². The Kier molecular flexibility index (Phi) is 7.93. The van der Waals surface area contributed by atoms with Gasteiger partial charge < -0.3 is 15.2 Å². The third kappa shape index (κ3) is 5.80. The number of halogens is 1. The summed E-state index contributed by atoms with van der Waals surface area (Å²) in [5.41, 5.74) is 10.5. The highest BCUT2D eigenvalue weighted by atomic mass is 35.5. The zero-order chi connectivity index (χ0) is 28.5. The van der Waals surface area contributed by atoms with E-state index in [2.05, 4.69) is 68.1 Å². The second kappa shape index (κ2) is 12.1. The minimum atomic E-state index is 0.188. The molecule has 0 amide bonds. The Balaban J connectivity index is 1.06. The number of hydrogen-bond donors (Lipinski definition) is 1. The van der Waals surface area contributed by atoms with Gasteiger partial charge in [0.15, 0.2) is 0 Å². The molecular weight excluding hydrogens is 562 g/mol. The third-order valence-electron chi connectivity index (χ3n) is 9.15. The molecule has 1 saturated carbocycles. The molecule has 2 aromatic carbocycles. The first-order valence-corrected chi connectivity index (χ1v) is 16.1. The number of nitrogens with two attached hydrogens (primary N) is 1. The Morgan fingerprint density at radius 1 is 0.881 bits per heavy atom. The molecule has 4 heterocycles. The van der Waals surface area contributed by atoms with Gasteiger partial charge in [0.1, 0.15) is 11.5 Å². The van der Waals surface area contributed by atoms with Gasteiger partial charge in [-0.15, -0.1) is 0 Å². The van der Waals surface area contributed by atoms with Gasteiger partial charge in [-0.05, 0) is 98.8 Å². The van der Waals surface area contributed by atoms with Crippen LogP contribution in [0.5, 0.6) is 0 Å². The number of piperidine rings is 1. The van der Waals surface area contributed by atoms with E-state index in [9.17, 15) is 0 Å². The van der Waals surface area contributed by atoms with Crippen molar-refractivity contribution in [2.75, 3.05) is 25.4 Å². The van der Waals surface area contributed by atoms with Crippen molar-refractivity contribution in [3.8, 4) is 11.3 Å². The molecule has 7 nitrogen and oxygen atoms in total. The lowest BCUT2D eigenvalue weighted by atomic mass is 9.83. The van der Waals surface area contributed by atoms with Crippen LogP contribution >= 0.6 is 23.5 Å². The van der Waals surface area contributed by atoms with Crippen molar-refractivity contribution in [1.29, 1.82) is 0 Å². The standard InChI is InChI=1S/C33H36ClN7S/c34-33-36-31(35)30-28(29-16-20-41(38-29)42-27-9-5-2-6-10-27)22-40(32(30)37-33)26-12-11-25(21-26)24-14-18-39(19-15-24)17-13-23-7-3-1-4-8-23/h1-10,16,20,22,24-26H,11-15,17-19,21H2,(H2,35,36,37). The lowest BCUT2D eigenvalue weighted by molar-refractivity contribution is 0.148. The molecule has 7 rings (SSSR count). The molecule has 1 aliphatic heterocycles. The maximum absolute atomic E-state index is 6.46. The number of hydrogen-bond acceptors (Lipinski definition) is 6. The van der Waals surface area contributed by atoms with Crippen LogP contribution in [0.4, 0.5) is 5.82 Å². The summed E-state index contributed by atoms with van der Waals surface area (Å²) in [7, 11) is 0. The first-order valence-electron chi connectivity index (χ1n) is 15.0. The predicted octanol–water partition coefficient (Wildman–Crippen LogP) is 7.38. The van der Waals surface area contributed by atoms with Gasteiger partial charge in [-0.3, -0.25) is 0 Å². The second-order valence-corrected chi connectivity index (χ2v) is 13.0. The van der Waals surface area contributed by atoms with E-state index in [0.717, 1.165) is 64.8 Å². The van der Waals surface area contributed by atoms with E-state index < -0.39 is 0 Å². The molecule has 2 fully saturated rings. The topological polar surface area (TPSA) is 77.8 Å². The van der Waals surface area contributed by atoms with Crippen LogP contribution in [0.15, 0.2) is 84.0 Å². The maximum Gasteiger partial charge on any atom is 0.226 e. The fourth-order valence-corrected chi connectivity index (χ4v) is 7.88. The molecule has 3 aromatic heterocycles. The highest BCUT2D eigenvalue weighted by molar-refractivity contribution is 7.97. The molecule has 0 radical (unpaired) electrons. The number of likely N-dealkylation sites (tertiary alicyclic amines) is 1. The highest BCUT2D eigenvalue weighted by Gasteiger charge is 2.35. The average molecular weight is 598 g/mol. The van der Waals surface area contributed by atoms with E-state index in [1.54, 1.807) is 11.9 Å². The predicted molar refractivity (Wildman–Crippen MR) is 172 cm³/mol. The van der Waals surface area contributed by atoms with Crippen molar-refractivity contribution >= 4 is 40.4 Å². The fraction of sp³-hybridized carbons (Fsp3) is 0.364. The minimum absolute atomic E-state index is 0.188. The average Bonchev–Trinajstić information content (AvgIpc) is 3.76. The van der Waals surface area contributed by atoms with Gasteiger partial charge in [-0.2, -0.15) is 10.1 Å². The summed E-state index contributed by atoms with van der Waals surface area (Å²) in [6, 6.07) is 23.5. The SMILES string of the molecule is Nc1nc(Cl)nc2c1c(-c1ccn(Sc3ccccc3)n1)cn2C1CCC(C2CCN(CCc3ccccc3)CC2)C1. The van der Waals surface area contributed by atoms with Gasteiger partial charge in [0.25, 0.3) is 0 Å². The Hall–Kier alpha value is -3.33. The first kappa shape index (κ1) is 27.5. The number of nitrogen functional groups attached to an aromatic ring is 1. The van der Waals surface area contributed by atoms with Crippen molar-refractivity contribution in [3.63, 3.8) is 0 Å². The molecule has 2 aliphatic rings.